The highest BCUT2D eigenvalue weighted by molar-refractivity contribution is 5.79. The predicted octanol–water partition coefficient (Wildman–Crippen LogP) is 1.24. The molecular weight excluding hydrogens is 434 g/mol. The lowest BCUT2D eigenvalue weighted by atomic mass is 9.96. The highest BCUT2D eigenvalue weighted by atomic mass is 16.2. The van der Waals surface area contributed by atoms with Crippen molar-refractivity contribution in [3.05, 3.63) is 69.9 Å². The fourth-order valence-electron chi connectivity index (χ4n) is 4.71. The minimum absolute atomic E-state index is 0.0221. The van der Waals surface area contributed by atoms with Crippen molar-refractivity contribution in [3.8, 4) is 11.4 Å². The first kappa shape index (κ1) is 21.9. The summed E-state index contributed by atoms with van der Waals surface area (Å²) in [6.07, 6.45) is 7.10. The molecule has 0 N–H and O–H groups in total. The minimum atomic E-state index is -0.448. The van der Waals surface area contributed by atoms with Crippen LogP contribution in [0.15, 0.2) is 58.6 Å². The highest BCUT2D eigenvalue weighted by Gasteiger charge is 2.25. The standard InChI is InChI=1S/C24H27N7O3/c1-27-22-20(23(33)28(2)24(27)34)31(16-26-22)15-19(32)29-11-8-17(9-12-29)14-30-13-10-25-21(30)18-6-4-3-5-7-18/h3-7,10,13,16-17H,8-9,11-12,14-15H2,1-2H3. The maximum absolute atomic E-state index is 13.0. The monoisotopic (exact) mass is 461 g/mol. The van der Waals surface area contributed by atoms with Gasteiger partial charge in [-0.25, -0.2) is 14.8 Å². The van der Waals surface area contributed by atoms with Crippen molar-refractivity contribution >= 4 is 17.1 Å². The van der Waals surface area contributed by atoms with Gasteiger partial charge in [0.05, 0.1) is 6.33 Å². The summed E-state index contributed by atoms with van der Waals surface area (Å²) in [5, 5.41) is 0. The molecule has 1 aliphatic heterocycles. The molecule has 1 amide bonds. The maximum atomic E-state index is 13.0. The Kier molecular flexibility index (Phi) is 5.64. The number of piperidine rings is 1. The first-order chi connectivity index (χ1) is 16.4. The van der Waals surface area contributed by atoms with Gasteiger partial charge in [0.25, 0.3) is 5.56 Å². The van der Waals surface area contributed by atoms with Crippen molar-refractivity contribution in [1.82, 2.24) is 33.1 Å². The Bertz CT molecular complexity index is 1450. The molecule has 0 bridgehead atoms. The second kappa shape index (κ2) is 8.77. The smallest absolute Gasteiger partial charge is 0.332 e. The summed E-state index contributed by atoms with van der Waals surface area (Å²) in [7, 11) is 3.00. The van der Waals surface area contributed by atoms with Crippen molar-refractivity contribution in [3.63, 3.8) is 0 Å². The van der Waals surface area contributed by atoms with E-state index in [0.717, 1.165) is 35.3 Å². The van der Waals surface area contributed by atoms with E-state index in [1.54, 1.807) is 11.6 Å². The summed E-state index contributed by atoms with van der Waals surface area (Å²) in [4.78, 5) is 48.3. The molecule has 4 heterocycles. The van der Waals surface area contributed by atoms with Crippen LogP contribution in [0, 0.1) is 5.92 Å². The molecule has 0 unspecified atom stereocenters. The molecule has 5 rings (SSSR count). The Labute approximate surface area is 195 Å². The molecule has 1 aliphatic rings. The molecule has 176 valence electrons. The van der Waals surface area contributed by atoms with Crippen LogP contribution in [-0.4, -0.2) is 52.1 Å². The first-order valence-electron chi connectivity index (χ1n) is 11.4. The summed E-state index contributed by atoms with van der Waals surface area (Å²) in [6, 6.07) is 10.1. The van der Waals surface area contributed by atoms with Crippen LogP contribution in [0.1, 0.15) is 12.8 Å². The number of benzene rings is 1. The van der Waals surface area contributed by atoms with Crippen LogP contribution in [0.25, 0.3) is 22.6 Å². The van der Waals surface area contributed by atoms with E-state index >= 15 is 0 Å². The number of hydrogen-bond acceptors (Lipinski definition) is 5. The molecule has 0 spiro atoms. The molecule has 3 aromatic heterocycles. The molecule has 0 radical (unpaired) electrons. The summed E-state index contributed by atoms with van der Waals surface area (Å²) < 4.78 is 6.09. The average molecular weight is 462 g/mol. The van der Waals surface area contributed by atoms with Gasteiger partial charge in [0.1, 0.15) is 12.4 Å². The summed E-state index contributed by atoms with van der Waals surface area (Å²) in [5.74, 6) is 1.36. The molecule has 34 heavy (non-hydrogen) atoms. The lowest BCUT2D eigenvalue weighted by Gasteiger charge is -2.32. The van der Waals surface area contributed by atoms with Crippen molar-refractivity contribution in [2.45, 2.75) is 25.9 Å². The lowest BCUT2D eigenvalue weighted by Crippen LogP contribution is -2.41. The number of nitrogens with zero attached hydrogens (tertiary/aromatic N) is 7. The van der Waals surface area contributed by atoms with Crippen molar-refractivity contribution in [2.24, 2.45) is 20.0 Å². The number of fused-ring (bicyclic) bond motifs is 1. The Hall–Kier alpha value is -3.95. The quantitative estimate of drug-likeness (QED) is 0.445. The summed E-state index contributed by atoms with van der Waals surface area (Å²) in [5.41, 5.74) is 0.757. The second-order valence-electron chi connectivity index (χ2n) is 8.84. The van der Waals surface area contributed by atoms with Crippen LogP contribution < -0.4 is 11.2 Å². The van der Waals surface area contributed by atoms with E-state index in [4.69, 9.17) is 0 Å². The fourth-order valence-corrected chi connectivity index (χ4v) is 4.71. The van der Waals surface area contributed by atoms with Crippen LogP contribution in [0.2, 0.25) is 0 Å². The number of aromatic nitrogens is 6. The topological polar surface area (TPSA) is 99.9 Å². The van der Waals surface area contributed by atoms with Crippen LogP contribution in [0.5, 0.6) is 0 Å². The Morgan fingerprint density at radius 3 is 2.47 bits per heavy atom. The van der Waals surface area contributed by atoms with Gasteiger partial charge in [-0.2, -0.15) is 0 Å². The number of rotatable bonds is 5. The van der Waals surface area contributed by atoms with Gasteiger partial charge < -0.3 is 14.0 Å². The number of hydrogen-bond donors (Lipinski definition) is 0. The number of carbonyl (C=O) groups excluding carboxylic acids is 1. The average Bonchev–Trinajstić information content (AvgIpc) is 3.49. The SMILES string of the molecule is Cn1c(=O)c2c(ncn2CC(=O)N2CCC(Cn3ccnc3-c3ccccc3)CC2)n(C)c1=O. The minimum Gasteiger partial charge on any atom is -0.341 e. The van der Waals surface area contributed by atoms with E-state index in [1.165, 1.54) is 17.9 Å². The molecule has 0 aliphatic carbocycles. The summed E-state index contributed by atoms with van der Waals surface area (Å²) in [6.45, 7) is 2.22. The normalized spacial score (nSPS) is 14.7. The van der Waals surface area contributed by atoms with Gasteiger partial charge in [0, 0.05) is 51.7 Å². The Balaban J connectivity index is 1.24. The van der Waals surface area contributed by atoms with Crippen molar-refractivity contribution < 1.29 is 4.79 Å². The van der Waals surface area contributed by atoms with Crippen LogP contribution >= 0.6 is 0 Å². The van der Waals surface area contributed by atoms with E-state index in [2.05, 4.69) is 26.7 Å². The van der Waals surface area contributed by atoms with Gasteiger partial charge in [-0.3, -0.25) is 18.7 Å². The second-order valence-corrected chi connectivity index (χ2v) is 8.84. The van der Waals surface area contributed by atoms with Crippen molar-refractivity contribution in [1.29, 1.82) is 0 Å². The van der Waals surface area contributed by atoms with Crippen LogP contribution in [-0.2, 0) is 32.0 Å². The van der Waals surface area contributed by atoms with Crippen LogP contribution in [0.3, 0.4) is 0 Å². The summed E-state index contributed by atoms with van der Waals surface area (Å²) >= 11 is 0. The van der Waals surface area contributed by atoms with Gasteiger partial charge in [0.15, 0.2) is 11.2 Å². The van der Waals surface area contributed by atoms with E-state index < -0.39 is 11.2 Å². The number of amides is 1. The van der Waals surface area contributed by atoms with E-state index in [9.17, 15) is 14.4 Å². The number of likely N-dealkylation sites (tertiary alicyclic amines) is 1. The van der Waals surface area contributed by atoms with E-state index in [0.29, 0.717) is 19.0 Å². The zero-order valence-electron chi connectivity index (χ0n) is 19.3. The molecule has 4 aromatic rings. The molecular formula is C24H27N7O3. The number of aryl methyl sites for hydroxylation is 1. The zero-order valence-corrected chi connectivity index (χ0v) is 19.3. The van der Waals surface area contributed by atoms with Crippen LogP contribution in [0.4, 0.5) is 0 Å². The number of carbonyl (C=O) groups is 1. The van der Waals surface area contributed by atoms with E-state index in [1.807, 2.05) is 35.5 Å². The van der Waals surface area contributed by atoms with Gasteiger partial charge in [0.2, 0.25) is 5.91 Å². The largest absolute Gasteiger partial charge is 0.341 e. The molecule has 0 saturated carbocycles. The van der Waals surface area contributed by atoms with Gasteiger partial charge in [-0.05, 0) is 18.8 Å². The lowest BCUT2D eigenvalue weighted by molar-refractivity contribution is -0.133. The highest BCUT2D eigenvalue weighted by Crippen LogP contribution is 2.23. The molecule has 1 fully saturated rings. The molecule has 10 nitrogen and oxygen atoms in total. The third-order valence-corrected chi connectivity index (χ3v) is 6.69. The maximum Gasteiger partial charge on any atom is 0.332 e. The third-order valence-electron chi connectivity index (χ3n) is 6.69. The Morgan fingerprint density at radius 1 is 1.00 bits per heavy atom. The van der Waals surface area contributed by atoms with E-state index in [-0.39, 0.29) is 23.6 Å². The Morgan fingerprint density at radius 2 is 1.74 bits per heavy atom. The molecule has 1 saturated heterocycles. The van der Waals surface area contributed by atoms with Crippen molar-refractivity contribution in [2.75, 3.05) is 13.1 Å². The fraction of sp³-hybridized carbons (Fsp3) is 0.375. The first-order valence-corrected chi connectivity index (χ1v) is 11.4. The third kappa shape index (κ3) is 3.85. The number of imidazole rings is 2. The van der Waals surface area contributed by atoms with Gasteiger partial charge in [-0.1, -0.05) is 30.3 Å². The molecule has 0 atom stereocenters. The molecule has 10 heteroatoms. The molecule has 1 aromatic carbocycles. The zero-order chi connectivity index (χ0) is 23.8. The van der Waals surface area contributed by atoms with Gasteiger partial charge >= 0.3 is 5.69 Å². The predicted molar refractivity (Wildman–Crippen MR) is 127 cm³/mol. The van der Waals surface area contributed by atoms with Gasteiger partial charge in [-0.15, -0.1) is 0 Å².